The Labute approximate surface area is 203 Å². The molecular formula is C28H36N2O3S. The molecule has 0 spiro atoms. The highest BCUT2D eigenvalue weighted by Gasteiger charge is 2.67. The summed E-state index contributed by atoms with van der Waals surface area (Å²) < 4.78 is 34.2. The number of ether oxygens (including phenoxy) is 1. The van der Waals surface area contributed by atoms with E-state index in [9.17, 15) is 8.42 Å². The molecule has 2 aromatic rings. The van der Waals surface area contributed by atoms with Gasteiger partial charge in [-0.2, -0.15) is 0 Å². The van der Waals surface area contributed by atoms with E-state index < -0.39 is 10.0 Å². The largest absolute Gasteiger partial charge is 0.373 e. The second kappa shape index (κ2) is 8.07. The van der Waals surface area contributed by atoms with Crippen LogP contribution in [0.1, 0.15) is 49.8 Å². The highest BCUT2D eigenvalue weighted by atomic mass is 32.2. The van der Waals surface area contributed by atoms with Crippen LogP contribution in [0.25, 0.3) is 0 Å². The zero-order valence-corrected chi connectivity index (χ0v) is 21.1. The lowest BCUT2D eigenvalue weighted by molar-refractivity contribution is -0.0528. The Morgan fingerprint density at radius 2 is 1.68 bits per heavy atom. The van der Waals surface area contributed by atoms with Gasteiger partial charge in [-0.05, 0) is 66.8 Å². The first-order valence-corrected chi connectivity index (χ1v) is 14.5. The molecule has 3 aliphatic carbocycles. The number of nitrogens with zero attached hydrogens (tertiary/aromatic N) is 1. The minimum atomic E-state index is -3.24. The molecule has 5 nitrogen and oxygen atoms in total. The van der Waals surface area contributed by atoms with E-state index in [1.807, 2.05) is 12.1 Å². The fourth-order valence-corrected chi connectivity index (χ4v) is 8.61. The zero-order valence-electron chi connectivity index (χ0n) is 20.3. The molecule has 2 atom stereocenters. The fraction of sp³-hybridized carbons (Fsp3) is 0.571. The number of nitrogens with one attached hydrogen (secondary N) is 1. The van der Waals surface area contributed by atoms with Crippen molar-refractivity contribution in [3.63, 3.8) is 0 Å². The van der Waals surface area contributed by atoms with Gasteiger partial charge in [0.25, 0.3) is 0 Å². The number of piperidine rings is 1. The van der Waals surface area contributed by atoms with Crippen LogP contribution in [0.5, 0.6) is 0 Å². The summed E-state index contributed by atoms with van der Waals surface area (Å²) in [5, 5.41) is -0.204. The second-order valence-electron chi connectivity index (χ2n) is 11.0. The Morgan fingerprint density at radius 1 is 1.00 bits per heavy atom. The third kappa shape index (κ3) is 3.69. The molecule has 34 heavy (non-hydrogen) atoms. The molecule has 2 unspecified atom stereocenters. The van der Waals surface area contributed by atoms with Crippen molar-refractivity contribution < 1.29 is 13.2 Å². The highest BCUT2D eigenvalue weighted by Crippen LogP contribution is 2.65. The molecule has 3 fully saturated rings. The number of rotatable bonds is 9. The summed E-state index contributed by atoms with van der Waals surface area (Å²) in [6.07, 6.45) is 4.66. The van der Waals surface area contributed by atoms with Gasteiger partial charge in [-0.25, -0.2) is 8.42 Å². The average molecular weight is 481 g/mol. The van der Waals surface area contributed by atoms with Crippen LogP contribution in [0.3, 0.4) is 0 Å². The van der Waals surface area contributed by atoms with Crippen LogP contribution >= 0.6 is 0 Å². The number of likely N-dealkylation sites (tertiary alicyclic amines) is 1. The molecule has 1 aliphatic heterocycles. The van der Waals surface area contributed by atoms with Crippen LogP contribution < -0.4 is 4.72 Å². The Hall–Kier alpha value is -1.89. The number of sulfonamides is 1. The van der Waals surface area contributed by atoms with E-state index in [2.05, 4.69) is 59.9 Å². The molecule has 182 valence electrons. The van der Waals surface area contributed by atoms with Crippen LogP contribution in [0.4, 0.5) is 5.69 Å². The summed E-state index contributed by atoms with van der Waals surface area (Å²) in [5.74, 6) is 1.27. The quantitative estimate of drug-likeness (QED) is 0.579. The predicted octanol–water partition coefficient (Wildman–Crippen LogP) is 4.37. The van der Waals surface area contributed by atoms with Crippen molar-refractivity contribution in [1.82, 2.24) is 4.90 Å². The summed E-state index contributed by atoms with van der Waals surface area (Å²) in [4.78, 5) is 2.63. The second-order valence-corrected chi connectivity index (χ2v) is 12.9. The van der Waals surface area contributed by atoms with E-state index in [0.717, 1.165) is 64.0 Å². The van der Waals surface area contributed by atoms with Crippen molar-refractivity contribution in [2.75, 3.05) is 31.0 Å². The monoisotopic (exact) mass is 480 g/mol. The van der Waals surface area contributed by atoms with E-state index >= 15 is 0 Å². The zero-order chi connectivity index (χ0) is 23.6. The summed E-state index contributed by atoms with van der Waals surface area (Å²) in [5.41, 5.74) is 4.97. The highest BCUT2D eigenvalue weighted by molar-refractivity contribution is 7.93. The van der Waals surface area contributed by atoms with E-state index in [4.69, 9.17) is 4.74 Å². The standard InChI is InChI=1S/C28H36N2O3S/c1-3-28(22-10-7-11-23(14-22)29-34(31,32)24-12-13-24)25-17-30(18-26(25)28)19-27(33-4-2)15-20-8-5-6-9-21(20)16-27/h5-11,14,24-26,29H,3-4,12-13,15-19H2,1-2H3. The third-order valence-electron chi connectivity index (χ3n) is 8.92. The first kappa shape index (κ1) is 22.6. The van der Waals surface area contributed by atoms with Gasteiger partial charge in [0, 0.05) is 50.2 Å². The van der Waals surface area contributed by atoms with Gasteiger partial charge in [0.1, 0.15) is 0 Å². The topological polar surface area (TPSA) is 58.6 Å². The van der Waals surface area contributed by atoms with Crippen molar-refractivity contribution in [3.8, 4) is 0 Å². The van der Waals surface area contributed by atoms with Crippen molar-refractivity contribution in [2.24, 2.45) is 11.8 Å². The maximum Gasteiger partial charge on any atom is 0.235 e. The molecule has 0 bridgehead atoms. The van der Waals surface area contributed by atoms with Gasteiger partial charge >= 0.3 is 0 Å². The maximum atomic E-state index is 12.4. The molecule has 2 aromatic carbocycles. The number of fused-ring (bicyclic) bond motifs is 2. The van der Waals surface area contributed by atoms with Gasteiger partial charge in [0.05, 0.1) is 10.9 Å². The van der Waals surface area contributed by atoms with Crippen LogP contribution in [-0.2, 0) is 33.0 Å². The first-order chi connectivity index (χ1) is 16.4. The normalized spacial score (nSPS) is 29.6. The van der Waals surface area contributed by atoms with E-state index in [-0.39, 0.29) is 16.3 Å². The first-order valence-electron chi connectivity index (χ1n) is 12.9. The molecule has 1 N–H and O–H groups in total. The summed E-state index contributed by atoms with van der Waals surface area (Å²) in [6, 6.07) is 17.0. The molecule has 0 amide bonds. The smallest absolute Gasteiger partial charge is 0.235 e. The van der Waals surface area contributed by atoms with Gasteiger partial charge in [0.15, 0.2) is 0 Å². The van der Waals surface area contributed by atoms with E-state index in [1.165, 1.54) is 16.7 Å². The number of anilines is 1. The van der Waals surface area contributed by atoms with Gasteiger partial charge < -0.3 is 4.74 Å². The lowest BCUT2D eigenvalue weighted by atomic mass is 9.87. The van der Waals surface area contributed by atoms with Gasteiger partial charge in [-0.15, -0.1) is 0 Å². The average Bonchev–Trinajstić information content (AvgIpc) is 3.68. The van der Waals surface area contributed by atoms with E-state index in [1.54, 1.807) is 0 Å². The molecule has 6 rings (SSSR count). The molecule has 1 heterocycles. The summed E-state index contributed by atoms with van der Waals surface area (Å²) in [7, 11) is -3.24. The van der Waals surface area contributed by atoms with Crippen molar-refractivity contribution in [2.45, 2.75) is 62.2 Å². The van der Waals surface area contributed by atoms with Crippen LogP contribution in [0.15, 0.2) is 48.5 Å². The van der Waals surface area contributed by atoms with Gasteiger partial charge in [-0.3, -0.25) is 9.62 Å². The molecule has 2 saturated carbocycles. The van der Waals surface area contributed by atoms with Crippen molar-refractivity contribution in [1.29, 1.82) is 0 Å². The Morgan fingerprint density at radius 3 is 2.26 bits per heavy atom. The van der Waals surface area contributed by atoms with Crippen molar-refractivity contribution in [3.05, 3.63) is 65.2 Å². The summed E-state index contributed by atoms with van der Waals surface area (Å²) >= 11 is 0. The lowest BCUT2D eigenvalue weighted by Gasteiger charge is -2.36. The minimum Gasteiger partial charge on any atom is -0.373 e. The fourth-order valence-electron chi connectivity index (χ4n) is 7.23. The maximum absolute atomic E-state index is 12.4. The lowest BCUT2D eigenvalue weighted by Crippen LogP contribution is -2.47. The Balaban J connectivity index is 1.16. The van der Waals surface area contributed by atoms with Gasteiger partial charge in [-0.1, -0.05) is 43.3 Å². The Kier molecular flexibility index (Phi) is 5.36. The van der Waals surface area contributed by atoms with Crippen LogP contribution in [-0.4, -0.2) is 50.4 Å². The minimum absolute atomic E-state index is 0.106. The third-order valence-corrected chi connectivity index (χ3v) is 10.8. The van der Waals surface area contributed by atoms with E-state index in [0.29, 0.717) is 11.8 Å². The van der Waals surface area contributed by atoms with Crippen LogP contribution in [0, 0.1) is 11.8 Å². The van der Waals surface area contributed by atoms with Crippen LogP contribution in [0.2, 0.25) is 0 Å². The molecule has 4 aliphatic rings. The molecule has 6 heteroatoms. The molecule has 0 radical (unpaired) electrons. The summed E-state index contributed by atoms with van der Waals surface area (Å²) in [6.45, 7) is 8.34. The Bertz CT molecular complexity index is 1150. The number of benzene rings is 2. The molecular weight excluding hydrogens is 444 g/mol. The van der Waals surface area contributed by atoms with Gasteiger partial charge in [0.2, 0.25) is 10.0 Å². The SMILES string of the molecule is CCOC1(CN2CC3C(C2)C3(CC)c2cccc(NS(=O)(=O)C3CC3)c2)Cc2ccccc2C1. The number of hydrogen-bond acceptors (Lipinski definition) is 4. The van der Waals surface area contributed by atoms with Crippen molar-refractivity contribution >= 4 is 15.7 Å². The predicted molar refractivity (Wildman–Crippen MR) is 136 cm³/mol. The molecule has 1 saturated heterocycles. The molecule has 0 aromatic heterocycles. The number of hydrogen-bond donors (Lipinski definition) is 1.